The van der Waals surface area contributed by atoms with E-state index in [1.54, 1.807) is 11.0 Å². The molecule has 0 spiro atoms. The van der Waals surface area contributed by atoms with Gasteiger partial charge in [0.05, 0.1) is 12.6 Å². The fourth-order valence-electron chi connectivity index (χ4n) is 2.56. The number of aromatic nitrogens is 3. The summed E-state index contributed by atoms with van der Waals surface area (Å²) in [6, 6.07) is 0. The summed E-state index contributed by atoms with van der Waals surface area (Å²) in [7, 11) is 3.91. The molecule has 1 saturated heterocycles. The Morgan fingerprint density at radius 1 is 1.50 bits per heavy atom. The van der Waals surface area contributed by atoms with Crippen LogP contribution < -0.4 is 5.32 Å². The van der Waals surface area contributed by atoms with Gasteiger partial charge >= 0.3 is 0 Å². The zero-order valence-corrected chi connectivity index (χ0v) is 15.1. The minimum atomic E-state index is 0.356. The maximum atomic E-state index is 5.88. The van der Waals surface area contributed by atoms with Crippen LogP contribution in [0.15, 0.2) is 11.3 Å². The van der Waals surface area contributed by atoms with E-state index < -0.39 is 0 Å². The van der Waals surface area contributed by atoms with E-state index in [1.165, 1.54) is 0 Å². The van der Waals surface area contributed by atoms with Gasteiger partial charge in [-0.2, -0.15) is 5.10 Å². The zero-order chi connectivity index (χ0) is 17.2. The van der Waals surface area contributed by atoms with Crippen molar-refractivity contribution < 1.29 is 9.47 Å². The number of hydrogen-bond donors (Lipinski definition) is 1. The van der Waals surface area contributed by atoms with Crippen LogP contribution >= 0.6 is 0 Å². The van der Waals surface area contributed by atoms with Crippen LogP contribution in [0.1, 0.15) is 32.0 Å². The normalized spacial score (nSPS) is 16.4. The number of rotatable bonds is 8. The van der Waals surface area contributed by atoms with E-state index >= 15 is 0 Å². The summed E-state index contributed by atoms with van der Waals surface area (Å²) in [6.07, 6.45) is 4.86. The predicted octanol–water partition coefficient (Wildman–Crippen LogP) is 0.798. The average molecular weight is 338 g/mol. The van der Waals surface area contributed by atoms with Gasteiger partial charge in [0, 0.05) is 47.0 Å². The molecular weight excluding hydrogens is 308 g/mol. The van der Waals surface area contributed by atoms with E-state index in [4.69, 9.17) is 9.47 Å². The van der Waals surface area contributed by atoms with E-state index in [2.05, 4.69) is 32.2 Å². The number of guanidine groups is 1. The molecule has 1 N–H and O–H groups in total. The van der Waals surface area contributed by atoms with Gasteiger partial charge < -0.3 is 19.7 Å². The molecule has 0 saturated carbocycles. The van der Waals surface area contributed by atoms with E-state index in [9.17, 15) is 0 Å². The lowest BCUT2D eigenvalue weighted by Gasteiger charge is -2.23. The molecule has 2 rings (SSSR count). The largest absolute Gasteiger partial charge is 0.381 e. The fraction of sp³-hybridized carbons (Fsp3) is 0.812. The van der Waals surface area contributed by atoms with Crippen LogP contribution in [0.3, 0.4) is 0 Å². The van der Waals surface area contributed by atoms with Crippen LogP contribution in [0.25, 0.3) is 0 Å². The first kappa shape index (κ1) is 18.7. The zero-order valence-electron chi connectivity index (χ0n) is 15.1. The van der Waals surface area contributed by atoms with Crippen LogP contribution in [0.4, 0.5) is 0 Å². The quantitative estimate of drug-likeness (QED) is 0.429. The number of aryl methyl sites for hydroxylation is 1. The number of aliphatic imine (C=N–C) groups is 1. The third-order valence-electron chi connectivity index (χ3n) is 3.97. The molecular formula is C16H30N6O2. The Balaban J connectivity index is 1.73. The van der Waals surface area contributed by atoms with Crippen molar-refractivity contribution >= 4 is 5.96 Å². The monoisotopic (exact) mass is 338 g/mol. The second kappa shape index (κ2) is 10.2. The molecule has 0 bridgehead atoms. The number of hydrogen-bond acceptors (Lipinski definition) is 5. The molecule has 1 aromatic rings. The fourth-order valence-corrected chi connectivity index (χ4v) is 2.56. The SMILES string of the molecule is CCNC(=NCCCOC1CCOCC1)N(C)Cc1ncnn1C. The smallest absolute Gasteiger partial charge is 0.194 e. The molecule has 8 nitrogen and oxygen atoms in total. The van der Waals surface area contributed by atoms with E-state index in [0.29, 0.717) is 12.6 Å². The van der Waals surface area contributed by atoms with Gasteiger partial charge in [-0.05, 0) is 26.2 Å². The van der Waals surface area contributed by atoms with E-state index in [0.717, 1.165) is 64.0 Å². The van der Waals surface area contributed by atoms with Gasteiger partial charge in [0.1, 0.15) is 12.2 Å². The molecule has 0 radical (unpaired) electrons. The minimum Gasteiger partial charge on any atom is -0.381 e. The van der Waals surface area contributed by atoms with Crippen molar-refractivity contribution in [3.63, 3.8) is 0 Å². The van der Waals surface area contributed by atoms with E-state index in [1.807, 2.05) is 14.1 Å². The molecule has 2 heterocycles. The van der Waals surface area contributed by atoms with Gasteiger partial charge in [-0.15, -0.1) is 0 Å². The molecule has 0 aromatic carbocycles. The van der Waals surface area contributed by atoms with Crippen LogP contribution in [-0.4, -0.2) is 71.7 Å². The molecule has 1 fully saturated rings. The van der Waals surface area contributed by atoms with Crippen molar-refractivity contribution in [2.45, 2.75) is 38.8 Å². The second-order valence-electron chi connectivity index (χ2n) is 5.93. The Hall–Kier alpha value is -1.67. The van der Waals surface area contributed by atoms with Gasteiger partial charge in [-0.25, -0.2) is 4.98 Å². The average Bonchev–Trinajstić information content (AvgIpc) is 2.99. The Kier molecular flexibility index (Phi) is 7.97. The number of nitrogens with zero attached hydrogens (tertiary/aromatic N) is 5. The van der Waals surface area contributed by atoms with Crippen molar-refractivity contribution in [2.24, 2.45) is 12.0 Å². The summed E-state index contributed by atoms with van der Waals surface area (Å²) in [5.74, 6) is 1.79. The molecule has 0 unspecified atom stereocenters. The second-order valence-corrected chi connectivity index (χ2v) is 5.93. The summed E-state index contributed by atoms with van der Waals surface area (Å²) in [4.78, 5) is 11.0. The van der Waals surface area contributed by atoms with Crippen LogP contribution in [0.5, 0.6) is 0 Å². The molecule has 1 aliphatic heterocycles. The van der Waals surface area contributed by atoms with E-state index in [-0.39, 0.29) is 0 Å². The van der Waals surface area contributed by atoms with Crippen molar-refractivity contribution in [1.29, 1.82) is 0 Å². The molecule has 1 aliphatic rings. The molecule has 0 amide bonds. The van der Waals surface area contributed by atoms with Crippen molar-refractivity contribution in [3.8, 4) is 0 Å². The Labute approximate surface area is 144 Å². The number of ether oxygens (including phenoxy) is 2. The van der Waals surface area contributed by atoms with Crippen molar-refractivity contribution in [1.82, 2.24) is 25.0 Å². The Morgan fingerprint density at radius 2 is 2.29 bits per heavy atom. The molecule has 24 heavy (non-hydrogen) atoms. The van der Waals surface area contributed by atoms with Crippen LogP contribution in [-0.2, 0) is 23.1 Å². The highest BCUT2D eigenvalue weighted by Crippen LogP contribution is 2.10. The maximum absolute atomic E-state index is 5.88. The molecule has 8 heteroatoms. The van der Waals surface area contributed by atoms with Crippen molar-refractivity contribution in [3.05, 3.63) is 12.2 Å². The highest BCUT2D eigenvalue weighted by molar-refractivity contribution is 5.79. The van der Waals surface area contributed by atoms with Crippen molar-refractivity contribution in [2.75, 3.05) is 40.0 Å². The standard InChI is InChI=1S/C16H30N6O2/c1-4-17-16(21(2)12-15-19-13-20-22(15)3)18-8-5-9-24-14-6-10-23-11-7-14/h13-14H,4-12H2,1-3H3,(H,17,18). The highest BCUT2D eigenvalue weighted by Gasteiger charge is 2.13. The maximum Gasteiger partial charge on any atom is 0.194 e. The highest BCUT2D eigenvalue weighted by atomic mass is 16.5. The minimum absolute atomic E-state index is 0.356. The number of nitrogens with one attached hydrogen (secondary N) is 1. The summed E-state index contributed by atoms with van der Waals surface area (Å²) >= 11 is 0. The van der Waals surface area contributed by atoms with Crippen LogP contribution in [0.2, 0.25) is 0 Å². The predicted molar refractivity (Wildman–Crippen MR) is 92.9 cm³/mol. The van der Waals surface area contributed by atoms with Gasteiger partial charge in [0.2, 0.25) is 0 Å². The summed E-state index contributed by atoms with van der Waals surface area (Å²) in [5, 5.41) is 7.41. The lowest BCUT2D eigenvalue weighted by Crippen LogP contribution is -2.39. The van der Waals surface area contributed by atoms with Gasteiger partial charge in [-0.3, -0.25) is 9.67 Å². The Bertz CT molecular complexity index is 499. The lowest BCUT2D eigenvalue weighted by molar-refractivity contribution is -0.0318. The summed E-state index contributed by atoms with van der Waals surface area (Å²) in [5.41, 5.74) is 0. The molecule has 136 valence electrons. The van der Waals surface area contributed by atoms with Gasteiger partial charge in [0.25, 0.3) is 0 Å². The first-order valence-electron chi connectivity index (χ1n) is 8.72. The summed E-state index contributed by atoms with van der Waals surface area (Å²) < 4.78 is 13.0. The third kappa shape index (κ3) is 6.09. The Morgan fingerprint density at radius 3 is 2.96 bits per heavy atom. The first-order valence-corrected chi connectivity index (χ1v) is 8.72. The third-order valence-corrected chi connectivity index (χ3v) is 3.97. The first-order chi connectivity index (χ1) is 11.7. The summed E-state index contributed by atoms with van der Waals surface area (Å²) in [6.45, 7) is 6.71. The molecule has 0 atom stereocenters. The topological polar surface area (TPSA) is 76.8 Å². The molecule has 0 aliphatic carbocycles. The van der Waals surface area contributed by atoms with Gasteiger partial charge in [-0.1, -0.05) is 0 Å². The van der Waals surface area contributed by atoms with Crippen LogP contribution in [0, 0.1) is 0 Å². The molecule has 1 aromatic heterocycles. The van der Waals surface area contributed by atoms with Gasteiger partial charge in [0.15, 0.2) is 5.96 Å². The lowest BCUT2D eigenvalue weighted by atomic mass is 10.1.